The molecule has 0 saturated heterocycles. The second kappa shape index (κ2) is 4.08. The van der Waals surface area contributed by atoms with Crippen LogP contribution in [0.5, 0.6) is 0 Å². The van der Waals surface area contributed by atoms with E-state index in [0.29, 0.717) is 16.4 Å². The lowest BCUT2D eigenvalue weighted by molar-refractivity contribution is 0.503. The monoisotopic (exact) mass is 222 g/mol. The summed E-state index contributed by atoms with van der Waals surface area (Å²) in [7, 11) is -3.61. The Kier molecular flexibility index (Phi) is 3.29. The molecule has 72 valence electrons. The Morgan fingerprint density at radius 2 is 1.85 bits per heavy atom. The smallest absolute Gasteiger partial charge is 0.277 e. The van der Waals surface area contributed by atoms with Crippen LogP contribution in [-0.2, 0) is 14.9 Å². The molecule has 13 heavy (non-hydrogen) atoms. The largest absolute Gasteiger partial charge is 0.320 e. The first-order chi connectivity index (χ1) is 5.97. The van der Waals surface area contributed by atoms with Crippen molar-refractivity contribution < 1.29 is 17.4 Å². The van der Waals surface area contributed by atoms with E-state index in [1.165, 1.54) is 24.3 Å². The fourth-order valence-electron chi connectivity index (χ4n) is 0.723. The average Bonchev–Trinajstić information content (AvgIpc) is 2.02. The van der Waals surface area contributed by atoms with Crippen LogP contribution in [0.4, 0.5) is 4.39 Å². The minimum absolute atomic E-state index is 0.110. The van der Waals surface area contributed by atoms with Gasteiger partial charge in [0.1, 0.15) is 5.82 Å². The highest BCUT2D eigenvalue weighted by molar-refractivity contribution is 8.69. The molecule has 0 heterocycles. The van der Waals surface area contributed by atoms with Gasteiger partial charge in [0, 0.05) is 16.5 Å². The molecule has 1 N–H and O–H groups in total. The van der Waals surface area contributed by atoms with E-state index in [4.69, 9.17) is 4.55 Å². The van der Waals surface area contributed by atoms with Gasteiger partial charge >= 0.3 is 9.15 Å². The molecule has 0 unspecified atom stereocenters. The fourth-order valence-corrected chi connectivity index (χ4v) is 2.06. The minimum Gasteiger partial charge on any atom is -0.277 e. The van der Waals surface area contributed by atoms with Crippen LogP contribution < -0.4 is 0 Å². The molecule has 0 saturated carbocycles. The molecule has 0 aromatic heterocycles. The zero-order valence-electron chi connectivity index (χ0n) is 6.47. The molecule has 1 rings (SSSR count). The Hall–Kier alpha value is -0.590. The summed E-state index contributed by atoms with van der Waals surface area (Å²) in [6, 6.07) is 5.40. The van der Waals surface area contributed by atoms with E-state index in [0.717, 1.165) is 0 Å². The van der Waals surface area contributed by atoms with Crippen molar-refractivity contribution in [3.8, 4) is 0 Å². The molecule has 0 aliphatic rings. The molecule has 0 atom stereocenters. The van der Waals surface area contributed by atoms with Crippen LogP contribution in [0.15, 0.2) is 24.3 Å². The third-order valence-corrected chi connectivity index (χ3v) is 3.28. The maximum Gasteiger partial charge on any atom is 0.320 e. The van der Waals surface area contributed by atoms with Gasteiger partial charge in [0.05, 0.1) is 0 Å². The third kappa shape index (κ3) is 4.25. The second-order valence-corrected chi connectivity index (χ2v) is 5.67. The summed E-state index contributed by atoms with van der Waals surface area (Å²) in [5.41, 5.74) is 0.643. The van der Waals surface area contributed by atoms with Crippen LogP contribution in [0.1, 0.15) is 5.56 Å². The van der Waals surface area contributed by atoms with Gasteiger partial charge in [0.25, 0.3) is 0 Å². The number of hydrogen-bond acceptors (Lipinski definition) is 3. The van der Waals surface area contributed by atoms with Crippen molar-refractivity contribution in [2.75, 3.05) is 0 Å². The van der Waals surface area contributed by atoms with Crippen LogP contribution >= 0.6 is 10.8 Å². The van der Waals surface area contributed by atoms with Crippen molar-refractivity contribution in [2.24, 2.45) is 0 Å². The Labute approximate surface area is 79.1 Å². The molecule has 0 aliphatic heterocycles. The van der Waals surface area contributed by atoms with Crippen LogP contribution in [0.25, 0.3) is 0 Å². The molecule has 0 radical (unpaired) electrons. The van der Waals surface area contributed by atoms with Gasteiger partial charge in [-0.25, -0.2) is 4.39 Å². The fraction of sp³-hybridized carbons (Fsp3) is 0.143. The van der Waals surface area contributed by atoms with Gasteiger partial charge in [-0.3, -0.25) is 4.55 Å². The van der Waals surface area contributed by atoms with Crippen LogP contribution in [-0.4, -0.2) is 13.0 Å². The summed E-state index contributed by atoms with van der Waals surface area (Å²) in [4.78, 5) is 0. The third-order valence-electron chi connectivity index (χ3n) is 1.29. The summed E-state index contributed by atoms with van der Waals surface area (Å²) in [5.74, 6) is -0.264. The second-order valence-electron chi connectivity index (χ2n) is 2.32. The van der Waals surface area contributed by atoms with Gasteiger partial charge in [-0.15, -0.1) is 0 Å². The van der Waals surface area contributed by atoms with Crippen molar-refractivity contribution in [3.63, 3.8) is 0 Å². The lowest BCUT2D eigenvalue weighted by Crippen LogP contribution is -1.91. The predicted molar refractivity (Wildman–Crippen MR) is 49.2 cm³/mol. The first kappa shape index (κ1) is 10.5. The van der Waals surface area contributed by atoms with E-state index in [9.17, 15) is 12.8 Å². The van der Waals surface area contributed by atoms with E-state index in [2.05, 4.69) is 0 Å². The first-order valence-corrected chi connectivity index (χ1v) is 6.28. The van der Waals surface area contributed by atoms with E-state index < -0.39 is 9.15 Å². The van der Waals surface area contributed by atoms with Gasteiger partial charge in [0.15, 0.2) is 0 Å². The zero-order chi connectivity index (χ0) is 9.90. The number of halogens is 1. The van der Waals surface area contributed by atoms with Crippen molar-refractivity contribution >= 4 is 19.9 Å². The average molecular weight is 222 g/mol. The van der Waals surface area contributed by atoms with Gasteiger partial charge in [-0.2, -0.15) is 8.42 Å². The Balaban J connectivity index is 2.61. The quantitative estimate of drug-likeness (QED) is 0.626. The minimum atomic E-state index is -4.01. The molecule has 0 fully saturated rings. The molecule has 6 heteroatoms. The topological polar surface area (TPSA) is 54.4 Å². The lowest BCUT2D eigenvalue weighted by atomic mass is 10.2. The maximum atomic E-state index is 12.4. The van der Waals surface area contributed by atoms with E-state index >= 15 is 0 Å². The SMILES string of the molecule is O=S(=O)(O)SCc1ccc(F)cc1. The molecule has 1 aromatic rings. The molecule has 1 aromatic carbocycles. The normalized spacial score (nSPS) is 11.5. The summed E-state index contributed by atoms with van der Waals surface area (Å²) in [6.45, 7) is 0. The first-order valence-electron chi connectivity index (χ1n) is 3.34. The molecule has 0 aliphatic carbocycles. The molecule has 0 amide bonds. The number of benzene rings is 1. The van der Waals surface area contributed by atoms with Crippen LogP contribution in [0.2, 0.25) is 0 Å². The van der Waals surface area contributed by atoms with Crippen molar-refractivity contribution in [3.05, 3.63) is 35.6 Å². The number of hydrogen-bond donors (Lipinski definition) is 1. The van der Waals surface area contributed by atoms with Crippen LogP contribution in [0, 0.1) is 5.82 Å². The Bertz CT molecular complexity index is 371. The van der Waals surface area contributed by atoms with Gasteiger partial charge < -0.3 is 0 Å². The Morgan fingerprint density at radius 1 is 1.31 bits per heavy atom. The molecule has 0 bridgehead atoms. The van der Waals surface area contributed by atoms with Crippen molar-refractivity contribution in [2.45, 2.75) is 5.75 Å². The Morgan fingerprint density at radius 3 is 2.31 bits per heavy atom. The van der Waals surface area contributed by atoms with E-state index in [-0.39, 0.29) is 11.6 Å². The predicted octanol–water partition coefficient (Wildman–Crippen LogP) is 1.86. The summed E-state index contributed by atoms with van der Waals surface area (Å²) < 4.78 is 41.4. The molecule has 3 nitrogen and oxygen atoms in total. The van der Waals surface area contributed by atoms with Crippen molar-refractivity contribution in [1.82, 2.24) is 0 Å². The molecule has 0 spiro atoms. The van der Waals surface area contributed by atoms with Gasteiger partial charge in [-0.05, 0) is 17.7 Å². The van der Waals surface area contributed by atoms with Crippen LogP contribution in [0.3, 0.4) is 0 Å². The summed E-state index contributed by atoms with van der Waals surface area (Å²) in [5, 5.41) is 0. The summed E-state index contributed by atoms with van der Waals surface area (Å²) in [6.07, 6.45) is 0. The standard InChI is InChI=1S/C7H7FO3S2/c8-7-3-1-6(2-4-7)5-12-13(9,10)11/h1-4H,5H2,(H,9,10,11). The zero-order valence-corrected chi connectivity index (χ0v) is 8.11. The highest BCUT2D eigenvalue weighted by Gasteiger charge is 2.05. The van der Waals surface area contributed by atoms with E-state index in [1.54, 1.807) is 0 Å². The van der Waals surface area contributed by atoms with Gasteiger partial charge in [-0.1, -0.05) is 12.1 Å². The van der Waals surface area contributed by atoms with Crippen molar-refractivity contribution in [1.29, 1.82) is 0 Å². The maximum absolute atomic E-state index is 12.4. The molecular formula is C7H7FO3S2. The summed E-state index contributed by atoms with van der Waals surface area (Å²) >= 11 is 0. The lowest BCUT2D eigenvalue weighted by Gasteiger charge is -1.97. The number of rotatable bonds is 3. The van der Waals surface area contributed by atoms with Gasteiger partial charge in [0.2, 0.25) is 0 Å². The molecular weight excluding hydrogens is 215 g/mol. The highest BCUT2D eigenvalue weighted by Crippen LogP contribution is 2.17. The highest BCUT2D eigenvalue weighted by atomic mass is 33.1. The van der Waals surface area contributed by atoms with E-state index in [1.807, 2.05) is 0 Å².